The van der Waals surface area contributed by atoms with Crippen LogP contribution in [0.4, 0.5) is 0 Å². The SMILES string of the molecule is C=CC(=O)O[C@@H]([C@@H](C=C)O[Si](C)(C)C(C)(C)C)[C@@H](COC(=O)c1ccccc1)O[Si](c1ccccc1)(c1ccccc1)C(C)(C)C. The molecule has 3 aromatic rings. The van der Waals surface area contributed by atoms with Gasteiger partial charge in [-0.15, -0.1) is 6.58 Å². The first kappa shape index (κ1) is 36.9. The smallest absolute Gasteiger partial charge is 0.338 e. The van der Waals surface area contributed by atoms with Gasteiger partial charge in [-0.3, -0.25) is 0 Å². The summed E-state index contributed by atoms with van der Waals surface area (Å²) in [6.07, 6.45) is 0.0684. The summed E-state index contributed by atoms with van der Waals surface area (Å²) in [4.78, 5) is 26.3. The number of ether oxygens (including phenoxy) is 2. The van der Waals surface area contributed by atoms with Crippen molar-refractivity contribution in [2.45, 2.75) is 83.0 Å². The maximum absolute atomic E-state index is 13.3. The minimum absolute atomic E-state index is 0.143. The van der Waals surface area contributed by atoms with E-state index in [1.165, 1.54) is 0 Å². The van der Waals surface area contributed by atoms with Gasteiger partial charge in [-0.2, -0.15) is 0 Å². The number of benzene rings is 3. The minimum atomic E-state index is -3.23. The number of hydrogen-bond donors (Lipinski definition) is 0. The van der Waals surface area contributed by atoms with Gasteiger partial charge in [0.1, 0.15) is 18.8 Å². The van der Waals surface area contributed by atoms with E-state index in [0.717, 1.165) is 16.4 Å². The monoisotopic (exact) mass is 658 g/mol. The number of esters is 2. The molecule has 3 atom stereocenters. The van der Waals surface area contributed by atoms with Crippen molar-refractivity contribution in [3.8, 4) is 0 Å². The Morgan fingerprint density at radius 3 is 1.63 bits per heavy atom. The van der Waals surface area contributed by atoms with Crippen LogP contribution in [-0.2, 0) is 23.1 Å². The van der Waals surface area contributed by atoms with Gasteiger partial charge in [-0.05, 0) is 45.7 Å². The first-order valence-electron chi connectivity index (χ1n) is 15.7. The molecule has 0 radical (unpaired) electrons. The molecule has 0 aromatic heterocycles. The quantitative estimate of drug-likeness (QED) is 0.0775. The van der Waals surface area contributed by atoms with Crippen molar-refractivity contribution in [2.75, 3.05) is 6.61 Å². The average molecular weight is 659 g/mol. The highest BCUT2D eigenvalue weighted by Crippen LogP contribution is 2.40. The van der Waals surface area contributed by atoms with E-state index in [4.69, 9.17) is 18.3 Å². The Hall–Kier alpha value is -3.57. The van der Waals surface area contributed by atoms with E-state index < -0.39 is 51.9 Å². The minimum Gasteiger partial charge on any atom is -0.459 e. The molecule has 6 nitrogen and oxygen atoms in total. The van der Waals surface area contributed by atoms with Crippen LogP contribution in [0.15, 0.2) is 116 Å². The molecule has 0 bridgehead atoms. The van der Waals surface area contributed by atoms with E-state index in [-0.39, 0.29) is 11.6 Å². The lowest BCUT2D eigenvalue weighted by molar-refractivity contribution is -0.156. The van der Waals surface area contributed by atoms with Gasteiger partial charge < -0.3 is 18.3 Å². The van der Waals surface area contributed by atoms with Crippen molar-refractivity contribution in [2.24, 2.45) is 0 Å². The molecule has 3 rings (SSSR count). The summed E-state index contributed by atoms with van der Waals surface area (Å²) in [7, 11) is -5.65. The number of rotatable bonds is 14. The third-order valence-electron chi connectivity index (χ3n) is 8.71. The number of hydrogen-bond acceptors (Lipinski definition) is 6. The van der Waals surface area contributed by atoms with E-state index in [0.29, 0.717) is 5.56 Å². The molecule has 46 heavy (non-hydrogen) atoms. The Morgan fingerprint density at radius 2 is 1.22 bits per heavy atom. The first-order valence-corrected chi connectivity index (χ1v) is 20.5. The van der Waals surface area contributed by atoms with Gasteiger partial charge in [-0.1, -0.05) is 133 Å². The van der Waals surface area contributed by atoms with Crippen LogP contribution in [0.2, 0.25) is 23.2 Å². The molecule has 0 amide bonds. The highest BCUT2D eigenvalue weighted by molar-refractivity contribution is 6.99. The molecule has 3 aromatic carbocycles. The Labute approximate surface area is 277 Å². The highest BCUT2D eigenvalue weighted by atomic mass is 28.4. The Morgan fingerprint density at radius 1 is 0.739 bits per heavy atom. The fourth-order valence-electron chi connectivity index (χ4n) is 5.23. The summed E-state index contributed by atoms with van der Waals surface area (Å²) in [5.41, 5.74) is 0.407. The van der Waals surface area contributed by atoms with Gasteiger partial charge in [0.2, 0.25) is 0 Å². The van der Waals surface area contributed by atoms with E-state index >= 15 is 0 Å². The van der Waals surface area contributed by atoms with E-state index in [2.05, 4.69) is 92.1 Å². The molecule has 8 heteroatoms. The van der Waals surface area contributed by atoms with Crippen LogP contribution in [0.25, 0.3) is 0 Å². The molecule has 0 unspecified atom stereocenters. The lowest BCUT2D eigenvalue weighted by atomic mass is 10.1. The normalized spacial score (nSPS) is 14.4. The summed E-state index contributed by atoms with van der Waals surface area (Å²) >= 11 is 0. The fourth-order valence-corrected chi connectivity index (χ4v) is 11.2. The van der Waals surface area contributed by atoms with E-state index in [1.54, 1.807) is 30.3 Å². The maximum Gasteiger partial charge on any atom is 0.338 e. The van der Waals surface area contributed by atoms with Gasteiger partial charge in [0, 0.05) is 6.08 Å². The van der Waals surface area contributed by atoms with Crippen LogP contribution >= 0.6 is 0 Å². The lowest BCUT2D eigenvalue weighted by Gasteiger charge is -2.47. The lowest BCUT2D eigenvalue weighted by Crippen LogP contribution is -2.69. The van der Waals surface area contributed by atoms with E-state index in [1.807, 2.05) is 42.5 Å². The zero-order valence-corrected chi connectivity index (χ0v) is 30.6. The standard InChI is InChI=1S/C38H50O6Si2/c1-11-32(43-45(9,10)37(3,4)5)35(42-34(39)12-2)33(28-41-36(40)29-22-16-13-17-23-29)44-46(38(6,7)8,30-24-18-14-19-25-30)31-26-20-15-21-27-31/h11-27,32-33,35H,1-2,28H2,3-10H3/t32-,33-,35+/m1/s1. The summed E-state index contributed by atoms with van der Waals surface area (Å²) in [6.45, 7) is 24.7. The Kier molecular flexibility index (Phi) is 12.3. The topological polar surface area (TPSA) is 71.1 Å². The summed E-state index contributed by atoms with van der Waals surface area (Å²) in [6, 6.07) is 29.1. The third kappa shape index (κ3) is 8.61. The predicted octanol–water partition coefficient (Wildman–Crippen LogP) is 7.46. The molecule has 0 saturated carbocycles. The Balaban J connectivity index is 2.26. The average Bonchev–Trinajstić information content (AvgIpc) is 3.02. The van der Waals surface area contributed by atoms with Crippen LogP contribution in [0.1, 0.15) is 51.9 Å². The molecular weight excluding hydrogens is 609 g/mol. The second-order valence-corrected chi connectivity index (χ2v) is 23.0. The molecule has 0 aliphatic heterocycles. The second-order valence-electron chi connectivity index (χ2n) is 14.0. The van der Waals surface area contributed by atoms with Crippen molar-refractivity contribution in [3.63, 3.8) is 0 Å². The largest absolute Gasteiger partial charge is 0.459 e. The summed E-state index contributed by atoms with van der Waals surface area (Å²) in [5, 5.41) is 1.51. The van der Waals surface area contributed by atoms with Crippen LogP contribution in [0.3, 0.4) is 0 Å². The van der Waals surface area contributed by atoms with Crippen LogP contribution in [0, 0.1) is 0 Å². The van der Waals surface area contributed by atoms with Gasteiger partial charge >= 0.3 is 11.9 Å². The fraction of sp³-hybridized carbons (Fsp3) is 0.368. The Bertz CT molecular complexity index is 1400. The van der Waals surface area contributed by atoms with Gasteiger partial charge in [0.05, 0.1) is 5.56 Å². The van der Waals surface area contributed by atoms with Crippen LogP contribution in [0.5, 0.6) is 0 Å². The third-order valence-corrected chi connectivity index (χ3v) is 18.2. The molecule has 0 fully saturated rings. The summed E-state index contributed by atoms with van der Waals surface area (Å²) in [5.74, 6) is -1.15. The molecule has 0 heterocycles. The van der Waals surface area contributed by atoms with Crippen molar-refractivity contribution in [1.82, 2.24) is 0 Å². The van der Waals surface area contributed by atoms with Crippen molar-refractivity contribution in [3.05, 3.63) is 122 Å². The molecular formula is C38H50O6Si2. The molecule has 0 saturated heterocycles. The molecule has 0 spiro atoms. The molecule has 246 valence electrons. The van der Waals surface area contributed by atoms with Crippen molar-refractivity contribution >= 4 is 38.9 Å². The zero-order chi connectivity index (χ0) is 34.2. The van der Waals surface area contributed by atoms with Crippen LogP contribution in [-0.4, -0.2) is 53.5 Å². The molecule has 0 N–H and O–H groups in total. The van der Waals surface area contributed by atoms with Crippen molar-refractivity contribution < 1.29 is 27.9 Å². The van der Waals surface area contributed by atoms with Crippen LogP contribution < -0.4 is 10.4 Å². The summed E-state index contributed by atoms with van der Waals surface area (Å²) < 4.78 is 26.4. The highest BCUT2D eigenvalue weighted by Gasteiger charge is 2.54. The molecule has 0 aliphatic carbocycles. The second kappa shape index (κ2) is 15.3. The van der Waals surface area contributed by atoms with Crippen molar-refractivity contribution in [1.29, 1.82) is 0 Å². The van der Waals surface area contributed by atoms with Gasteiger partial charge in [0.15, 0.2) is 14.4 Å². The zero-order valence-electron chi connectivity index (χ0n) is 28.6. The first-order chi connectivity index (χ1) is 21.6. The number of carbonyl (C=O) groups is 2. The maximum atomic E-state index is 13.3. The number of carbonyl (C=O) groups excluding carboxylic acids is 2. The van der Waals surface area contributed by atoms with Gasteiger partial charge in [0.25, 0.3) is 8.32 Å². The van der Waals surface area contributed by atoms with Gasteiger partial charge in [-0.25, -0.2) is 9.59 Å². The predicted molar refractivity (Wildman–Crippen MR) is 192 cm³/mol. The van der Waals surface area contributed by atoms with E-state index in [9.17, 15) is 9.59 Å². The molecule has 0 aliphatic rings.